The first-order valence-electron chi connectivity index (χ1n) is 7.98. The summed E-state index contributed by atoms with van der Waals surface area (Å²) in [7, 11) is 0. The average Bonchev–Trinajstić information content (AvgIpc) is 2.96. The fraction of sp³-hybridized carbons (Fsp3) is 0.250. The van der Waals surface area contributed by atoms with Crippen LogP contribution in [0.4, 0.5) is 0 Å². The van der Waals surface area contributed by atoms with E-state index in [9.17, 15) is 0 Å². The lowest BCUT2D eigenvalue weighted by atomic mass is 10.0. The fourth-order valence-electron chi connectivity index (χ4n) is 2.73. The van der Waals surface area contributed by atoms with Gasteiger partial charge < -0.3 is 4.98 Å². The number of hydrogen-bond donors (Lipinski definition) is 1. The highest BCUT2D eigenvalue weighted by molar-refractivity contribution is 6.30. The van der Waals surface area contributed by atoms with Gasteiger partial charge in [-0.1, -0.05) is 61.8 Å². The zero-order valence-electron chi connectivity index (χ0n) is 13.5. The number of imidazole rings is 1. The predicted molar refractivity (Wildman–Crippen MR) is 96.8 cm³/mol. The molecule has 3 heteroatoms. The first-order chi connectivity index (χ1) is 11.1. The maximum Gasteiger partial charge on any atom is 0.110 e. The molecule has 0 aliphatic carbocycles. The third-order valence-corrected chi connectivity index (χ3v) is 4.03. The zero-order valence-corrected chi connectivity index (χ0v) is 14.3. The zero-order chi connectivity index (χ0) is 16.2. The molecule has 1 aromatic heterocycles. The molecule has 0 aliphatic rings. The number of nitrogens with zero attached hydrogens (tertiary/aromatic N) is 1. The molecule has 3 rings (SSSR count). The van der Waals surface area contributed by atoms with Crippen LogP contribution in [0.3, 0.4) is 0 Å². The Labute approximate surface area is 142 Å². The van der Waals surface area contributed by atoms with Gasteiger partial charge in [0, 0.05) is 11.4 Å². The van der Waals surface area contributed by atoms with Crippen molar-refractivity contribution in [3.05, 3.63) is 76.7 Å². The number of halogens is 1. The van der Waals surface area contributed by atoms with E-state index in [0.717, 1.165) is 34.9 Å². The van der Waals surface area contributed by atoms with Crippen molar-refractivity contribution < 1.29 is 0 Å². The first-order valence-corrected chi connectivity index (χ1v) is 8.35. The van der Waals surface area contributed by atoms with E-state index in [2.05, 4.69) is 54.1 Å². The smallest absolute Gasteiger partial charge is 0.110 e. The fourth-order valence-corrected chi connectivity index (χ4v) is 2.94. The van der Waals surface area contributed by atoms with Crippen molar-refractivity contribution in [3.63, 3.8) is 0 Å². The predicted octanol–water partition coefficient (Wildman–Crippen LogP) is 5.52. The number of rotatable bonds is 5. The minimum atomic E-state index is 0.678. The first kappa shape index (κ1) is 15.8. The van der Waals surface area contributed by atoms with Gasteiger partial charge in [0.25, 0.3) is 0 Å². The van der Waals surface area contributed by atoms with E-state index in [-0.39, 0.29) is 0 Å². The maximum atomic E-state index is 6.03. The van der Waals surface area contributed by atoms with Crippen molar-refractivity contribution in [2.75, 3.05) is 0 Å². The quantitative estimate of drug-likeness (QED) is 0.657. The van der Waals surface area contributed by atoms with Crippen LogP contribution in [0.1, 0.15) is 30.8 Å². The van der Waals surface area contributed by atoms with Crippen LogP contribution in [0.2, 0.25) is 5.02 Å². The van der Waals surface area contributed by atoms with E-state index < -0.39 is 0 Å². The Morgan fingerprint density at radius 3 is 2.52 bits per heavy atom. The Balaban J connectivity index is 1.73. The normalized spacial score (nSPS) is 11.1. The Hall–Kier alpha value is -2.06. The molecule has 0 saturated heterocycles. The summed E-state index contributed by atoms with van der Waals surface area (Å²) in [6.07, 6.45) is 3.77. The summed E-state index contributed by atoms with van der Waals surface area (Å²) in [5.41, 5.74) is 4.76. The second-order valence-corrected chi connectivity index (χ2v) is 6.78. The molecule has 0 unspecified atom stereocenters. The molecule has 3 aromatic rings. The Bertz CT molecular complexity index is 772. The number of benzene rings is 2. The van der Waals surface area contributed by atoms with Crippen molar-refractivity contribution in [1.82, 2.24) is 9.97 Å². The van der Waals surface area contributed by atoms with Gasteiger partial charge in [-0.05, 0) is 41.2 Å². The maximum absolute atomic E-state index is 6.03. The molecule has 1 heterocycles. The van der Waals surface area contributed by atoms with E-state index in [1.54, 1.807) is 0 Å². The molecular formula is C20H21ClN2. The van der Waals surface area contributed by atoms with Crippen molar-refractivity contribution in [2.24, 2.45) is 5.92 Å². The number of hydrogen-bond acceptors (Lipinski definition) is 1. The third kappa shape index (κ3) is 4.23. The minimum Gasteiger partial charge on any atom is -0.342 e. The van der Waals surface area contributed by atoms with Crippen LogP contribution >= 0.6 is 11.6 Å². The second-order valence-electron chi connectivity index (χ2n) is 6.35. The van der Waals surface area contributed by atoms with Crippen LogP contribution in [0.5, 0.6) is 0 Å². The monoisotopic (exact) mass is 324 g/mol. The molecule has 0 saturated carbocycles. The lowest BCUT2D eigenvalue weighted by Crippen LogP contribution is -1.93. The minimum absolute atomic E-state index is 0.678. The van der Waals surface area contributed by atoms with E-state index in [0.29, 0.717) is 5.92 Å². The molecule has 1 N–H and O–H groups in total. The average molecular weight is 325 g/mol. The van der Waals surface area contributed by atoms with Gasteiger partial charge in [-0.15, -0.1) is 0 Å². The lowest BCUT2D eigenvalue weighted by molar-refractivity contribution is 0.647. The highest BCUT2D eigenvalue weighted by atomic mass is 35.5. The standard InChI is InChI=1S/C20H21ClN2/c1-14(2)10-15-6-8-17(9-7-15)19-13-22-20(23-19)12-16-4-3-5-18(21)11-16/h3-9,11,13-14H,10,12H2,1-2H3,(H,22,23). The number of H-pyrrole nitrogens is 1. The van der Waals surface area contributed by atoms with Gasteiger partial charge >= 0.3 is 0 Å². The van der Waals surface area contributed by atoms with Gasteiger partial charge in [-0.2, -0.15) is 0 Å². The third-order valence-electron chi connectivity index (χ3n) is 3.80. The molecule has 0 fully saturated rings. The second kappa shape index (κ2) is 7.01. The highest BCUT2D eigenvalue weighted by Crippen LogP contribution is 2.20. The molecule has 0 amide bonds. The van der Waals surface area contributed by atoms with Gasteiger partial charge in [0.1, 0.15) is 5.82 Å². The molecule has 0 aliphatic heterocycles. The lowest BCUT2D eigenvalue weighted by Gasteiger charge is -2.05. The number of nitrogens with one attached hydrogen (secondary N) is 1. The van der Waals surface area contributed by atoms with Crippen molar-refractivity contribution >= 4 is 11.6 Å². The van der Waals surface area contributed by atoms with Crippen LogP contribution in [0.25, 0.3) is 11.3 Å². The molecule has 2 nitrogen and oxygen atoms in total. The SMILES string of the molecule is CC(C)Cc1ccc(-c2cnc(Cc3cccc(Cl)c3)[nH]2)cc1. The summed E-state index contributed by atoms with van der Waals surface area (Å²) in [6.45, 7) is 4.48. The van der Waals surface area contributed by atoms with Gasteiger partial charge in [-0.25, -0.2) is 4.98 Å². The summed E-state index contributed by atoms with van der Waals surface area (Å²) in [5, 5.41) is 0.759. The Kier molecular flexibility index (Phi) is 4.82. The molecule has 0 radical (unpaired) electrons. The summed E-state index contributed by atoms with van der Waals surface area (Å²) < 4.78 is 0. The Morgan fingerprint density at radius 2 is 1.83 bits per heavy atom. The molecular weight excluding hydrogens is 304 g/mol. The van der Waals surface area contributed by atoms with Gasteiger partial charge in [0.2, 0.25) is 0 Å². The van der Waals surface area contributed by atoms with Gasteiger partial charge in [0.05, 0.1) is 11.9 Å². The van der Waals surface area contributed by atoms with Gasteiger partial charge in [-0.3, -0.25) is 0 Å². The van der Waals surface area contributed by atoms with E-state index in [4.69, 9.17) is 11.6 Å². The van der Waals surface area contributed by atoms with Crippen LogP contribution in [-0.2, 0) is 12.8 Å². The van der Waals surface area contributed by atoms with Gasteiger partial charge in [0.15, 0.2) is 0 Å². The number of aromatic nitrogens is 2. The van der Waals surface area contributed by atoms with E-state index in [1.165, 1.54) is 11.1 Å². The van der Waals surface area contributed by atoms with Crippen LogP contribution < -0.4 is 0 Å². The molecule has 0 bridgehead atoms. The van der Waals surface area contributed by atoms with Crippen LogP contribution in [-0.4, -0.2) is 9.97 Å². The largest absolute Gasteiger partial charge is 0.342 e. The van der Waals surface area contributed by atoms with Crippen LogP contribution in [0.15, 0.2) is 54.7 Å². The van der Waals surface area contributed by atoms with Crippen molar-refractivity contribution in [3.8, 4) is 11.3 Å². The molecule has 0 atom stereocenters. The molecule has 0 spiro atoms. The summed E-state index contributed by atoms with van der Waals surface area (Å²) in [4.78, 5) is 7.89. The van der Waals surface area contributed by atoms with Crippen LogP contribution in [0, 0.1) is 5.92 Å². The van der Waals surface area contributed by atoms with Crippen molar-refractivity contribution in [2.45, 2.75) is 26.7 Å². The molecule has 23 heavy (non-hydrogen) atoms. The topological polar surface area (TPSA) is 28.7 Å². The highest BCUT2D eigenvalue weighted by Gasteiger charge is 2.05. The van der Waals surface area contributed by atoms with E-state index >= 15 is 0 Å². The summed E-state index contributed by atoms with van der Waals surface area (Å²) in [6, 6.07) is 16.6. The summed E-state index contributed by atoms with van der Waals surface area (Å²) >= 11 is 6.03. The Morgan fingerprint density at radius 1 is 1.04 bits per heavy atom. The number of aromatic amines is 1. The van der Waals surface area contributed by atoms with Crippen molar-refractivity contribution in [1.29, 1.82) is 0 Å². The summed E-state index contributed by atoms with van der Waals surface area (Å²) in [5.74, 6) is 1.63. The molecule has 2 aromatic carbocycles. The van der Waals surface area contributed by atoms with E-state index in [1.807, 2.05) is 24.4 Å². The molecule has 118 valence electrons.